The highest BCUT2D eigenvalue weighted by Crippen LogP contribution is 2.24. The second-order valence-electron chi connectivity index (χ2n) is 3.80. The average Bonchev–Trinajstić information content (AvgIpc) is 2.79. The molecular weight excluding hydrogens is 214 g/mol. The number of carbonyl (C=O) groups excluding carboxylic acids is 1. The Hall–Kier alpha value is -2.03. The van der Waals surface area contributed by atoms with Gasteiger partial charge >= 0.3 is 5.97 Å². The van der Waals surface area contributed by atoms with Crippen molar-refractivity contribution in [3.63, 3.8) is 0 Å². The smallest absolute Gasteiger partial charge is 0.338 e. The fourth-order valence-electron chi connectivity index (χ4n) is 1.99. The minimum Gasteiger partial charge on any atom is -0.465 e. The van der Waals surface area contributed by atoms with E-state index in [0.29, 0.717) is 5.56 Å². The molecular formula is C14H15NO2. The lowest BCUT2D eigenvalue weighted by Crippen LogP contribution is -2.02. The van der Waals surface area contributed by atoms with Gasteiger partial charge in [-0.15, -0.1) is 0 Å². The predicted octanol–water partition coefficient (Wildman–Crippen LogP) is 3.09. The van der Waals surface area contributed by atoms with Gasteiger partial charge in [-0.25, -0.2) is 4.79 Å². The Labute approximate surface area is 100 Å². The Bertz CT molecular complexity index is 581. The number of ether oxygens (including phenoxy) is 1. The number of benzene rings is 1. The number of fused-ring (bicyclic) bond motifs is 1. The third kappa shape index (κ3) is 1.84. The molecule has 0 aliphatic heterocycles. The maximum absolute atomic E-state index is 11.7. The van der Waals surface area contributed by atoms with Crippen LogP contribution < -0.4 is 0 Å². The summed E-state index contributed by atoms with van der Waals surface area (Å²) in [6.07, 6.45) is 3.71. The van der Waals surface area contributed by atoms with Gasteiger partial charge in [0, 0.05) is 23.6 Å². The van der Waals surface area contributed by atoms with Gasteiger partial charge in [0.2, 0.25) is 0 Å². The lowest BCUT2D eigenvalue weighted by molar-refractivity contribution is 0.0603. The molecule has 0 fully saturated rings. The first-order valence-corrected chi connectivity index (χ1v) is 5.55. The average molecular weight is 229 g/mol. The summed E-state index contributed by atoms with van der Waals surface area (Å²) in [6.45, 7) is 6.68. The lowest BCUT2D eigenvalue weighted by Gasteiger charge is -2.06. The summed E-state index contributed by atoms with van der Waals surface area (Å²) in [7, 11) is 1.39. The molecule has 3 heteroatoms. The molecule has 1 aromatic heterocycles. The Morgan fingerprint density at radius 2 is 2.29 bits per heavy atom. The lowest BCUT2D eigenvalue weighted by atomic mass is 10.1. The van der Waals surface area contributed by atoms with Crippen molar-refractivity contribution in [3.8, 4) is 0 Å². The van der Waals surface area contributed by atoms with Crippen molar-refractivity contribution in [2.75, 3.05) is 7.11 Å². The Morgan fingerprint density at radius 3 is 2.88 bits per heavy atom. The SMILES string of the molecule is C=Cc1cc(C(=O)OC)c2ccn(CC)c2c1. The van der Waals surface area contributed by atoms with Crippen LogP contribution in [0, 0.1) is 0 Å². The number of aryl methyl sites for hydroxylation is 1. The van der Waals surface area contributed by atoms with E-state index >= 15 is 0 Å². The number of aromatic nitrogens is 1. The number of methoxy groups -OCH3 is 1. The third-order valence-electron chi connectivity index (χ3n) is 2.89. The van der Waals surface area contributed by atoms with Crippen LogP contribution in [-0.4, -0.2) is 17.6 Å². The van der Waals surface area contributed by atoms with Gasteiger partial charge in [-0.1, -0.05) is 12.7 Å². The molecule has 1 heterocycles. The van der Waals surface area contributed by atoms with Crippen molar-refractivity contribution in [3.05, 3.63) is 42.1 Å². The fourth-order valence-corrected chi connectivity index (χ4v) is 1.99. The molecule has 0 aliphatic carbocycles. The number of hydrogen-bond acceptors (Lipinski definition) is 2. The van der Waals surface area contributed by atoms with Crippen molar-refractivity contribution in [1.29, 1.82) is 0 Å². The number of hydrogen-bond donors (Lipinski definition) is 0. The monoisotopic (exact) mass is 229 g/mol. The van der Waals surface area contributed by atoms with E-state index in [2.05, 4.69) is 18.1 Å². The van der Waals surface area contributed by atoms with Crippen molar-refractivity contribution < 1.29 is 9.53 Å². The molecule has 2 rings (SSSR count). The summed E-state index contributed by atoms with van der Waals surface area (Å²) in [6, 6.07) is 5.78. The van der Waals surface area contributed by atoms with Crippen LogP contribution in [0.2, 0.25) is 0 Å². The number of carbonyl (C=O) groups is 1. The first kappa shape index (κ1) is 11.5. The summed E-state index contributed by atoms with van der Waals surface area (Å²) >= 11 is 0. The zero-order chi connectivity index (χ0) is 12.4. The predicted molar refractivity (Wildman–Crippen MR) is 69.0 cm³/mol. The van der Waals surface area contributed by atoms with E-state index in [0.717, 1.165) is 23.0 Å². The van der Waals surface area contributed by atoms with Crippen LogP contribution in [0.1, 0.15) is 22.8 Å². The maximum atomic E-state index is 11.7. The molecule has 0 aliphatic rings. The Kier molecular flexibility index (Phi) is 3.00. The van der Waals surface area contributed by atoms with Gasteiger partial charge in [-0.05, 0) is 30.7 Å². The summed E-state index contributed by atoms with van der Waals surface area (Å²) in [5, 5.41) is 0.921. The van der Waals surface area contributed by atoms with Crippen LogP contribution in [0.3, 0.4) is 0 Å². The second kappa shape index (κ2) is 4.45. The molecule has 1 aromatic carbocycles. The fraction of sp³-hybridized carbons (Fsp3) is 0.214. The molecule has 0 saturated heterocycles. The Morgan fingerprint density at radius 1 is 1.53 bits per heavy atom. The molecule has 0 spiro atoms. The van der Waals surface area contributed by atoms with Gasteiger partial charge in [0.1, 0.15) is 0 Å². The summed E-state index contributed by atoms with van der Waals surface area (Å²) in [5.74, 6) is -0.312. The minimum atomic E-state index is -0.312. The van der Waals surface area contributed by atoms with Crippen LogP contribution in [0.4, 0.5) is 0 Å². The maximum Gasteiger partial charge on any atom is 0.338 e. The molecule has 0 unspecified atom stereocenters. The summed E-state index contributed by atoms with van der Waals surface area (Å²) in [4.78, 5) is 11.7. The van der Waals surface area contributed by atoms with Crippen LogP contribution in [0.5, 0.6) is 0 Å². The van der Waals surface area contributed by atoms with Crippen LogP contribution in [0.15, 0.2) is 31.0 Å². The van der Waals surface area contributed by atoms with Gasteiger partial charge < -0.3 is 9.30 Å². The van der Waals surface area contributed by atoms with Gasteiger partial charge in [0.15, 0.2) is 0 Å². The minimum absolute atomic E-state index is 0.312. The van der Waals surface area contributed by atoms with E-state index in [1.807, 2.05) is 18.3 Å². The van der Waals surface area contributed by atoms with Gasteiger partial charge in [0.25, 0.3) is 0 Å². The third-order valence-corrected chi connectivity index (χ3v) is 2.89. The highest BCUT2D eigenvalue weighted by Gasteiger charge is 2.13. The molecule has 0 radical (unpaired) electrons. The molecule has 0 bridgehead atoms. The van der Waals surface area contributed by atoms with Gasteiger partial charge in [-0.2, -0.15) is 0 Å². The highest BCUT2D eigenvalue weighted by atomic mass is 16.5. The van der Waals surface area contributed by atoms with Gasteiger partial charge in [-0.3, -0.25) is 0 Å². The molecule has 0 amide bonds. The quantitative estimate of drug-likeness (QED) is 0.757. The van der Waals surface area contributed by atoms with Crippen molar-refractivity contribution in [2.24, 2.45) is 0 Å². The van der Waals surface area contributed by atoms with Crippen LogP contribution in [0.25, 0.3) is 17.0 Å². The molecule has 3 nitrogen and oxygen atoms in total. The van der Waals surface area contributed by atoms with Gasteiger partial charge in [0.05, 0.1) is 12.7 Å². The zero-order valence-electron chi connectivity index (χ0n) is 10.1. The molecule has 88 valence electrons. The molecule has 0 N–H and O–H groups in total. The first-order valence-electron chi connectivity index (χ1n) is 5.55. The summed E-state index contributed by atoms with van der Waals surface area (Å²) < 4.78 is 6.90. The van der Waals surface area contributed by atoms with Crippen LogP contribution >= 0.6 is 0 Å². The van der Waals surface area contributed by atoms with Crippen LogP contribution in [-0.2, 0) is 11.3 Å². The van der Waals surface area contributed by atoms with E-state index in [4.69, 9.17) is 4.74 Å². The zero-order valence-corrected chi connectivity index (χ0v) is 10.1. The van der Waals surface area contributed by atoms with E-state index < -0.39 is 0 Å². The van der Waals surface area contributed by atoms with Crippen molar-refractivity contribution in [1.82, 2.24) is 4.57 Å². The topological polar surface area (TPSA) is 31.2 Å². The largest absolute Gasteiger partial charge is 0.465 e. The van der Waals surface area contributed by atoms with E-state index in [-0.39, 0.29) is 5.97 Å². The number of rotatable bonds is 3. The van der Waals surface area contributed by atoms with E-state index in [1.54, 1.807) is 12.1 Å². The van der Waals surface area contributed by atoms with E-state index in [1.165, 1.54) is 7.11 Å². The number of nitrogens with zero attached hydrogens (tertiary/aromatic N) is 1. The normalized spacial score (nSPS) is 10.5. The molecule has 0 saturated carbocycles. The molecule has 17 heavy (non-hydrogen) atoms. The van der Waals surface area contributed by atoms with Crippen molar-refractivity contribution in [2.45, 2.75) is 13.5 Å². The second-order valence-corrected chi connectivity index (χ2v) is 3.80. The summed E-state index contributed by atoms with van der Waals surface area (Å²) in [5.41, 5.74) is 2.55. The van der Waals surface area contributed by atoms with Crippen molar-refractivity contribution >= 4 is 22.9 Å². The molecule has 0 atom stereocenters. The highest BCUT2D eigenvalue weighted by molar-refractivity contribution is 6.04. The first-order chi connectivity index (χ1) is 8.21. The number of esters is 1. The van der Waals surface area contributed by atoms with E-state index in [9.17, 15) is 4.79 Å². The standard InChI is InChI=1S/C14H15NO2/c1-4-10-8-12(14(16)17-3)11-6-7-15(5-2)13(11)9-10/h4,6-9H,1,5H2,2-3H3. The molecule has 2 aromatic rings. The Balaban J connectivity index is 2.77.